The molecule has 0 fully saturated rings. The van der Waals surface area contributed by atoms with Gasteiger partial charge in [0.15, 0.2) is 5.13 Å². The van der Waals surface area contributed by atoms with Gasteiger partial charge in [0.2, 0.25) is 0 Å². The summed E-state index contributed by atoms with van der Waals surface area (Å²) in [4.78, 5) is 8.04. The van der Waals surface area contributed by atoms with Crippen LogP contribution in [0.3, 0.4) is 0 Å². The third kappa shape index (κ3) is 2.86. The number of hydrogen-bond donors (Lipinski definition) is 1. The molecule has 1 unspecified atom stereocenters. The number of aromatic nitrogens is 1. The number of fused-ring (bicyclic) bond motifs is 1. The molecule has 18 heavy (non-hydrogen) atoms. The van der Waals surface area contributed by atoms with Crippen LogP contribution in [0.1, 0.15) is 56.7 Å². The predicted molar refractivity (Wildman–Crippen MR) is 77.4 cm³/mol. The molecule has 4 heteroatoms. The molecule has 0 spiro atoms. The quantitative estimate of drug-likeness (QED) is 0.909. The summed E-state index contributed by atoms with van der Waals surface area (Å²) < 4.78 is 0. The van der Waals surface area contributed by atoms with E-state index in [0.29, 0.717) is 0 Å². The molecular weight excluding hydrogens is 244 g/mol. The first kappa shape index (κ1) is 13.8. The molecule has 1 N–H and O–H groups in total. The SMILES string of the molecule is CCCCN(C)c1nc2c(s1)C(O)CC(C)(C)C2. The van der Waals surface area contributed by atoms with Gasteiger partial charge in [0.1, 0.15) is 0 Å². The van der Waals surface area contributed by atoms with Crippen LogP contribution in [0, 0.1) is 5.41 Å². The Morgan fingerprint density at radius 3 is 2.89 bits per heavy atom. The zero-order chi connectivity index (χ0) is 13.3. The van der Waals surface area contributed by atoms with Crippen LogP contribution < -0.4 is 4.90 Å². The van der Waals surface area contributed by atoms with Crippen LogP contribution in [0.25, 0.3) is 0 Å². The number of rotatable bonds is 4. The number of hydrogen-bond acceptors (Lipinski definition) is 4. The monoisotopic (exact) mass is 268 g/mol. The van der Waals surface area contributed by atoms with E-state index >= 15 is 0 Å². The molecule has 1 aliphatic carbocycles. The van der Waals surface area contributed by atoms with Crippen molar-refractivity contribution in [3.05, 3.63) is 10.6 Å². The summed E-state index contributed by atoms with van der Waals surface area (Å²) in [6, 6.07) is 0. The van der Waals surface area contributed by atoms with Crippen molar-refractivity contribution in [2.45, 2.75) is 52.6 Å². The average molecular weight is 268 g/mol. The zero-order valence-electron chi connectivity index (χ0n) is 11.9. The van der Waals surface area contributed by atoms with Crippen LogP contribution in [-0.4, -0.2) is 23.7 Å². The van der Waals surface area contributed by atoms with Crippen molar-refractivity contribution in [2.24, 2.45) is 5.41 Å². The first-order valence-electron chi connectivity index (χ1n) is 6.82. The van der Waals surface area contributed by atoms with Crippen LogP contribution in [0.15, 0.2) is 0 Å². The minimum Gasteiger partial charge on any atom is -0.387 e. The van der Waals surface area contributed by atoms with Crippen molar-refractivity contribution in [1.82, 2.24) is 4.98 Å². The molecule has 0 saturated heterocycles. The van der Waals surface area contributed by atoms with Gasteiger partial charge in [0.25, 0.3) is 0 Å². The van der Waals surface area contributed by atoms with Gasteiger partial charge in [-0.3, -0.25) is 0 Å². The zero-order valence-corrected chi connectivity index (χ0v) is 12.7. The number of anilines is 1. The van der Waals surface area contributed by atoms with Gasteiger partial charge in [0, 0.05) is 13.6 Å². The highest BCUT2D eigenvalue weighted by Gasteiger charge is 2.34. The highest BCUT2D eigenvalue weighted by atomic mass is 32.1. The molecule has 1 heterocycles. The number of unbranched alkanes of at least 4 members (excludes halogenated alkanes) is 1. The predicted octanol–water partition coefficient (Wildman–Crippen LogP) is 3.39. The van der Waals surface area contributed by atoms with Crippen LogP contribution in [0.5, 0.6) is 0 Å². The van der Waals surface area contributed by atoms with Gasteiger partial charge >= 0.3 is 0 Å². The summed E-state index contributed by atoms with van der Waals surface area (Å²) in [6.45, 7) is 7.66. The fourth-order valence-electron chi connectivity index (χ4n) is 2.53. The summed E-state index contributed by atoms with van der Waals surface area (Å²) in [7, 11) is 2.09. The van der Waals surface area contributed by atoms with E-state index in [1.165, 1.54) is 12.8 Å². The van der Waals surface area contributed by atoms with E-state index in [2.05, 4.69) is 32.7 Å². The van der Waals surface area contributed by atoms with E-state index in [1.807, 2.05) is 0 Å². The molecule has 0 amide bonds. The Bertz CT molecular complexity index is 414. The first-order valence-corrected chi connectivity index (χ1v) is 7.63. The van der Waals surface area contributed by atoms with E-state index in [1.54, 1.807) is 11.3 Å². The Morgan fingerprint density at radius 1 is 1.50 bits per heavy atom. The molecule has 3 nitrogen and oxygen atoms in total. The molecule has 0 aromatic carbocycles. The lowest BCUT2D eigenvalue weighted by molar-refractivity contribution is 0.102. The van der Waals surface area contributed by atoms with Gasteiger partial charge in [-0.05, 0) is 24.7 Å². The van der Waals surface area contributed by atoms with Gasteiger partial charge in [0.05, 0.1) is 16.7 Å². The van der Waals surface area contributed by atoms with Crippen LogP contribution in [0.4, 0.5) is 5.13 Å². The Kier molecular flexibility index (Phi) is 3.97. The molecule has 1 aromatic heterocycles. The molecule has 1 aliphatic rings. The van der Waals surface area contributed by atoms with Crippen molar-refractivity contribution >= 4 is 16.5 Å². The van der Waals surface area contributed by atoms with Gasteiger partial charge in [-0.25, -0.2) is 4.98 Å². The van der Waals surface area contributed by atoms with Crippen molar-refractivity contribution in [1.29, 1.82) is 0 Å². The van der Waals surface area contributed by atoms with E-state index < -0.39 is 0 Å². The van der Waals surface area contributed by atoms with E-state index in [4.69, 9.17) is 4.98 Å². The minimum atomic E-state index is -0.324. The Balaban J connectivity index is 2.18. The minimum absolute atomic E-state index is 0.166. The highest BCUT2D eigenvalue weighted by Crippen LogP contribution is 2.44. The maximum absolute atomic E-state index is 10.2. The smallest absolute Gasteiger partial charge is 0.185 e. The molecule has 0 aliphatic heterocycles. The van der Waals surface area contributed by atoms with Crippen LogP contribution >= 0.6 is 11.3 Å². The number of nitrogens with zero attached hydrogens (tertiary/aromatic N) is 2. The number of thiazole rings is 1. The van der Waals surface area contributed by atoms with Gasteiger partial charge in [-0.15, -0.1) is 0 Å². The molecule has 0 radical (unpaired) electrons. The van der Waals surface area contributed by atoms with Gasteiger partial charge in [-0.1, -0.05) is 38.5 Å². The fourth-order valence-corrected chi connectivity index (χ4v) is 3.59. The topological polar surface area (TPSA) is 36.4 Å². The Morgan fingerprint density at radius 2 is 2.22 bits per heavy atom. The molecule has 2 rings (SSSR count). The molecule has 1 atom stereocenters. The Hall–Kier alpha value is -0.610. The van der Waals surface area contributed by atoms with Crippen molar-refractivity contribution in [3.8, 4) is 0 Å². The van der Waals surface area contributed by atoms with E-state index in [-0.39, 0.29) is 11.5 Å². The largest absolute Gasteiger partial charge is 0.387 e. The first-order chi connectivity index (χ1) is 8.43. The third-order valence-electron chi connectivity index (χ3n) is 3.58. The maximum atomic E-state index is 10.2. The second-order valence-electron chi connectivity index (χ2n) is 6.14. The van der Waals surface area contributed by atoms with E-state index in [9.17, 15) is 5.11 Å². The summed E-state index contributed by atoms with van der Waals surface area (Å²) in [5.74, 6) is 0. The highest BCUT2D eigenvalue weighted by molar-refractivity contribution is 7.15. The average Bonchev–Trinajstić information content (AvgIpc) is 2.68. The standard InChI is InChI=1S/C14H24N2OS/c1-5-6-7-16(4)13-15-10-8-14(2,3)9-11(17)12(10)18-13/h11,17H,5-9H2,1-4H3. The summed E-state index contributed by atoms with van der Waals surface area (Å²) in [5.41, 5.74) is 1.28. The molecule has 0 saturated carbocycles. The number of aliphatic hydroxyl groups excluding tert-OH is 1. The molecule has 1 aromatic rings. The second kappa shape index (κ2) is 5.17. The van der Waals surface area contributed by atoms with Gasteiger partial charge < -0.3 is 10.0 Å². The van der Waals surface area contributed by atoms with Crippen molar-refractivity contribution in [3.63, 3.8) is 0 Å². The number of aliphatic hydroxyl groups is 1. The van der Waals surface area contributed by atoms with Crippen molar-refractivity contribution in [2.75, 3.05) is 18.5 Å². The van der Waals surface area contributed by atoms with Gasteiger partial charge in [-0.2, -0.15) is 0 Å². The summed E-state index contributed by atoms with van der Waals surface area (Å²) in [6.07, 6.45) is 3.90. The van der Waals surface area contributed by atoms with Crippen LogP contribution in [-0.2, 0) is 6.42 Å². The Labute approximate surface area is 114 Å². The van der Waals surface area contributed by atoms with E-state index in [0.717, 1.165) is 35.1 Å². The third-order valence-corrected chi connectivity index (χ3v) is 4.90. The lowest BCUT2D eigenvalue weighted by Crippen LogP contribution is -2.24. The second-order valence-corrected chi connectivity index (χ2v) is 7.15. The van der Waals surface area contributed by atoms with Crippen molar-refractivity contribution < 1.29 is 5.11 Å². The lowest BCUT2D eigenvalue weighted by Gasteiger charge is -2.31. The summed E-state index contributed by atoms with van der Waals surface area (Å²) in [5, 5.41) is 11.3. The summed E-state index contributed by atoms with van der Waals surface area (Å²) >= 11 is 1.67. The molecular formula is C14H24N2OS. The fraction of sp³-hybridized carbons (Fsp3) is 0.786. The molecule has 102 valence electrons. The molecule has 0 bridgehead atoms. The van der Waals surface area contributed by atoms with Crippen LogP contribution in [0.2, 0.25) is 0 Å². The lowest BCUT2D eigenvalue weighted by atomic mass is 9.77. The normalized spacial score (nSPS) is 21.7. The maximum Gasteiger partial charge on any atom is 0.185 e.